The summed E-state index contributed by atoms with van der Waals surface area (Å²) in [7, 11) is 0. The fraction of sp³-hybridized carbons (Fsp3) is 0.409. The lowest BCUT2D eigenvalue weighted by Crippen LogP contribution is -2.55. The highest BCUT2D eigenvalue weighted by Crippen LogP contribution is 2.45. The van der Waals surface area contributed by atoms with Crippen molar-refractivity contribution in [2.24, 2.45) is 5.92 Å². The molecule has 1 aliphatic rings. The van der Waals surface area contributed by atoms with Crippen molar-refractivity contribution in [3.8, 4) is 0 Å². The fourth-order valence-electron chi connectivity index (χ4n) is 3.69. The van der Waals surface area contributed by atoms with E-state index >= 15 is 0 Å². The third-order valence-corrected chi connectivity index (χ3v) is 5.09. The summed E-state index contributed by atoms with van der Waals surface area (Å²) in [4.78, 5) is 14.7. The highest BCUT2D eigenvalue weighted by Gasteiger charge is 2.48. The van der Waals surface area contributed by atoms with Gasteiger partial charge in [0.1, 0.15) is 0 Å². The molecule has 3 heteroatoms. The lowest BCUT2D eigenvalue weighted by atomic mass is 9.78. The van der Waals surface area contributed by atoms with Gasteiger partial charge in [0.25, 0.3) is 0 Å². The predicted molar refractivity (Wildman–Crippen MR) is 101 cm³/mol. The van der Waals surface area contributed by atoms with Crippen LogP contribution in [0.1, 0.15) is 50.6 Å². The SMILES string of the molecule is CCCCC(O)CCC1C(=O)N(c2ccccc2)C1c1ccccc1. The number of nitrogens with zero attached hydrogens (tertiary/aromatic N) is 1. The van der Waals surface area contributed by atoms with E-state index in [0.717, 1.165) is 31.4 Å². The van der Waals surface area contributed by atoms with E-state index in [1.807, 2.05) is 53.4 Å². The van der Waals surface area contributed by atoms with Gasteiger partial charge in [-0.05, 0) is 37.0 Å². The van der Waals surface area contributed by atoms with Gasteiger partial charge in [-0.25, -0.2) is 0 Å². The van der Waals surface area contributed by atoms with Crippen LogP contribution in [0.15, 0.2) is 60.7 Å². The van der Waals surface area contributed by atoms with Gasteiger partial charge in [0.05, 0.1) is 18.1 Å². The molecule has 3 rings (SSSR count). The highest BCUT2D eigenvalue weighted by atomic mass is 16.3. The van der Waals surface area contributed by atoms with Crippen molar-refractivity contribution in [2.45, 2.75) is 51.2 Å². The molecule has 1 saturated heterocycles. The van der Waals surface area contributed by atoms with Crippen LogP contribution >= 0.6 is 0 Å². The van der Waals surface area contributed by atoms with Gasteiger partial charge >= 0.3 is 0 Å². The van der Waals surface area contributed by atoms with Crippen molar-refractivity contribution in [3.63, 3.8) is 0 Å². The molecule has 25 heavy (non-hydrogen) atoms. The molecule has 0 aliphatic carbocycles. The third kappa shape index (κ3) is 3.93. The van der Waals surface area contributed by atoms with Crippen molar-refractivity contribution >= 4 is 11.6 Å². The number of carbonyl (C=O) groups excluding carboxylic acids is 1. The summed E-state index contributed by atoms with van der Waals surface area (Å²) in [5, 5.41) is 10.1. The molecule has 0 bridgehead atoms. The Balaban J connectivity index is 1.75. The Morgan fingerprint density at radius 2 is 1.64 bits per heavy atom. The molecule has 1 N–H and O–H groups in total. The molecule has 0 spiro atoms. The van der Waals surface area contributed by atoms with Crippen LogP contribution in [0.3, 0.4) is 0 Å². The number of unbranched alkanes of at least 4 members (excludes halogenated alkanes) is 1. The van der Waals surface area contributed by atoms with E-state index in [9.17, 15) is 9.90 Å². The maximum atomic E-state index is 12.8. The zero-order valence-electron chi connectivity index (χ0n) is 14.8. The van der Waals surface area contributed by atoms with Gasteiger partial charge in [-0.1, -0.05) is 68.3 Å². The summed E-state index contributed by atoms with van der Waals surface area (Å²) in [5.74, 6) is 0.127. The van der Waals surface area contributed by atoms with Crippen molar-refractivity contribution in [1.29, 1.82) is 0 Å². The molecule has 1 amide bonds. The summed E-state index contributed by atoms with van der Waals surface area (Å²) in [6.45, 7) is 2.13. The zero-order chi connectivity index (χ0) is 17.6. The summed E-state index contributed by atoms with van der Waals surface area (Å²) in [5.41, 5.74) is 2.11. The number of hydrogen-bond donors (Lipinski definition) is 1. The number of rotatable bonds is 8. The van der Waals surface area contributed by atoms with Crippen LogP contribution in [0.4, 0.5) is 5.69 Å². The van der Waals surface area contributed by atoms with Gasteiger partial charge in [-0.15, -0.1) is 0 Å². The average molecular weight is 337 g/mol. The number of hydrogen-bond acceptors (Lipinski definition) is 2. The Morgan fingerprint density at radius 3 is 2.28 bits per heavy atom. The Labute approximate surface area is 150 Å². The molecule has 0 saturated carbocycles. The number of β-lactam (4-membered cyclic amide) rings is 1. The second-order valence-electron chi connectivity index (χ2n) is 6.88. The molecule has 2 aromatic rings. The van der Waals surface area contributed by atoms with Crippen LogP contribution < -0.4 is 4.90 Å². The molecule has 3 atom stereocenters. The largest absolute Gasteiger partial charge is 0.393 e. The predicted octanol–water partition coefficient (Wildman–Crippen LogP) is 4.72. The quantitative estimate of drug-likeness (QED) is 0.708. The molecule has 3 nitrogen and oxygen atoms in total. The van der Waals surface area contributed by atoms with Crippen molar-refractivity contribution in [1.82, 2.24) is 0 Å². The number of aliphatic hydroxyl groups excluding tert-OH is 1. The minimum atomic E-state index is -0.296. The minimum absolute atomic E-state index is 0.0427. The maximum Gasteiger partial charge on any atom is 0.233 e. The smallest absolute Gasteiger partial charge is 0.233 e. The number of benzene rings is 2. The Kier molecular flexibility index (Phi) is 5.87. The first-order valence-electron chi connectivity index (χ1n) is 9.33. The Bertz CT molecular complexity index is 671. The third-order valence-electron chi connectivity index (χ3n) is 5.09. The molecule has 1 aliphatic heterocycles. The topological polar surface area (TPSA) is 40.5 Å². The summed E-state index contributed by atoms with van der Waals surface area (Å²) >= 11 is 0. The van der Waals surface area contributed by atoms with Crippen molar-refractivity contribution in [3.05, 3.63) is 66.2 Å². The first kappa shape index (κ1) is 17.7. The molecule has 2 aromatic carbocycles. The van der Waals surface area contributed by atoms with Crippen molar-refractivity contribution < 1.29 is 9.90 Å². The zero-order valence-corrected chi connectivity index (χ0v) is 14.8. The van der Waals surface area contributed by atoms with Crippen molar-refractivity contribution in [2.75, 3.05) is 4.90 Å². The van der Waals surface area contributed by atoms with E-state index in [0.29, 0.717) is 6.42 Å². The number of para-hydroxylation sites is 1. The summed E-state index contributed by atoms with van der Waals surface area (Å²) in [6.07, 6.45) is 4.10. The van der Waals surface area contributed by atoms with Gasteiger partial charge in [0, 0.05) is 5.69 Å². The Hall–Kier alpha value is -2.13. The van der Waals surface area contributed by atoms with Gasteiger partial charge < -0.3 is 10.0 Å². The number of amides is 1. The van der Waals surface area contributed by atoms with E-state index in [2.05, 4.69) is 19.1 Å². The van der Waals surface area contributed by atoms with E-state index < -0.39 is 0 Å². The minimum Gasteiger partial charge on any atom is -0.393 e. The molecule has 0 aromatic heterocycles. The Morgan fingerprint density at radius 1 is 1.00 bits per heavy atom. The van der Waals surface area contributed by atoms with Crippen LogP contribution in [0.5, 0.6) is 0 Å². The fourth-order valence-corrected chi connectivity index (χ4v) is 3.69. The van der Waals surface area contributed by atoms with Crippen LogP contribution in [0.2, 0.25) is 0 Å². The molecular weight excluding hydrogens is 310 g/mol. The molecule has 1 fully saturated rings. The van der Waals surface area contributed by atoms with E-state index in [-0.39, 0.29) is 24.0 Å². The van der Waals surface area contributed by atoms with Crippen LogP contribution in [-0.4, -0.2) is 17.1 Å². The van der Waals surface area contributed by atoms with Gasteiger partial charge in [-0.2, -0.15) is 0 Å². The van der Waals surface area contributed by atoms with Gasteiger partial charge in [0.15, 0.2) is 0 Å². The molecule has 0 radical (unpaired) electrons. The first-order valence-corrected chi connectivity index (χ1v) is 9.33. The lowest BCUT2D eigenvalue weighted by molar-refractivity contribution is -0.131. The monoisotopic (exact) mass is 337 g/mol. The first-order chi connectivity index (χ1) is 12.2. The van der Waals surface area contributed by atoms with E-state index in [1.54, 1.807) is 0 Å². The van der Waals surface area contributed by atoms with E-state index in [4.69, 9.17) is 0 Å². The molecular formula is C22H27NO2. The summed E-state index contributed by atoms with van der Waals surface area (Å²) < 4.78 is 0. The molecule has 3 unspecified atom stereocenters. The average Bonchev–Trinajstić information content (AvgIpc) is 2.65. The molecule has 1 heterocycles. The second kappa shape index (κ2) is 8.30. The van der Waals surface area contributed by atoms with E-state index in [1.165, 1.54) is 5.56 Å². The second-order valence-corrected chi connectivity index (χ2v) is 6.88. The number of anilines is 1. The summed E-state index contributed by atoms with van der Waals surface area (Å²) in [6, 6.07) is 20.2. The van der Waals surface area contributed by atoms with Gasteiger partial charge in [0.2, 0.25) is 5.91 Å². The maximum absolute atomic E-state index is 12.8. The number of carbonyl (C=O) groups is 1. The molecule has 132 valence electrons. The number of aliphatic hydroxyl groups is 1. The normalized spacial score (nSPS) is 21.0. The standard InChI is InChI=1S/C22H27NO2/c1-2-3-14-19(24)15-16-20-21(17-10-6-4-7-11-17)23(22(20)25)18-12-8-5-9-13-18/h4-13,19-21,24H,2-3,14-16H2,1H3. The highest BCUT2D eigenvalue weighted by molar-refractivity contribution is 6.03. The van der Waals surface area contributed by atoms with Crippen LogP contribution in [0.25, 0.3) is 0 Å². The van der Waals surface area contributed by atoms with Gasteiger partial charge in [-0.3, -0.25) is 4.79 Å². The van der Waals surface area contributed by atoms with Crippen LogP contribution in [0, 0.1) is 5.92 Å². The van der Waals surface area contributed by atoms with Crippen LogP contribution in [-0.2, 0) is 4.79 Å². The lowest BCUT2D eigenvalue weighted by Gasteiger charge is -2.48.